The van der Waals surface area contributed by atoms with Gasteiger partial charge in [-0.05, 0) is 48.1 Å². The van der Waals surface area contributed by atoms with Gasteiger partial charge in [-0.3, -0.25) is 0 Å². The fourth-order valence-electron chi connectivity index (χ4n) is 3.32. The monoisotopic (exact) mass is 297 g/mol. The molecule has 2 nitrogen and oxygen atoms in total. The van der Waals surface area contributed by atoms with Crippen LogP contribution in [0.5, 0.6) is 5.75 Å². The minimum Gasteiger partial charge on any atom is -0.492 e. The number of benzene rings is 2. The molecule has 21 heavy (non-hydrogen) atoms. The van der Waals surface area contributed by atoms with E-state index in [0.29, 0.717) is 5.25 Å². The van der Waals surface area contributed by atoms with E-state index in [2.05, 4.69) is 42.5 Å². The molecule has 0 spiro atoms. The second-order valence-corrected chi connectivity index (χ2v) is 7.17. The van der Waals surface area contributed by atoms with Crippen LogP contribution in [0.2, 0.25) is 0 Å². The first-order chi connectivity index (χ1) is 10.3. The van der Waals surface area contributed by atoms with Crippen molar-refractivity contribution < 1.29 is 4.74 Å². The Labute approximate surface area is 129 Å². The number of rotatable bonds is 3. The molecule has 0 saturated carbocycles. The predicted molar refractivity (Wildman–Crippen MR) is 87.0 cm³/mol. The molecule has 1 heterocycles. The van der Waals surface area contributed by atoms with Gasteiger partial charge in [0.1, 0.15) is 12.4 Å². The maximum atomic E-state index is 6.14. The summed E-state index contributed by atoms with van der Waals surface area (Å²) in [6.07, 6.45) is 3.19. The summed E-state index contributed by atoms with van der Waals surface area (Å²) in [7, 11) is 0. The lowest BCUT2D eigenvalue weighted by Gasteiger charge is -2.14. The molecule has 0 radical (unpaired) electrons. The molecule has 1 aliphatic carbocycles. The van der Waals surface area contributed by atoms with Crippen molar-refractivity contribution in [3.8, 4) is 5.75 Å². The smallest absolute Gasteiger partial charge is 0.122 e. The molecule has 2 N–H and O–H groups in total. The number of hydrogen-bond acceptors (Lipinski definition) is 3. The quantitative estimate of drug-likeness (QED) is 0.937. The van der Waals surface area contributed by atoms with E-state index in [1.54, 1.807) is 0 Å². The van der Waals surface area contributed by atoms with Gasteiger partial charge in [0, 0.05) is 16.2 Å². The Morgan fingerprint density at radius 1 is 1.14 bits per heavy atom. The van der Waals surface area contributed by atoms with E-state index in [-0.39, 0.29) is 6.04 Å². The van der Waals surface area contributed by atoms with Crippen molar-refractivity contribution in [1.82, 2.24) is 0 Å². The summed E-state index contributed by atoms with van der Waals surface area (Å²) < 4.78 is 6.14. The third-order valence-corrected chi connectivity index (χ3v) is 5.70. The van der Waals surface area contributed by atoms with Crippen LogP contribution in [0.4, 0.5) is 0 Å². The Balaban J connectivity index is 1.45. The van der Waals surface area contributed by atoms with Crippen LogP contribution in [0.15, 0.2) is 47.4 Å². The zero-order valence-electron chi connectivity index (χ0n) is 11.9. The summed E-state index contributed by atoms with van der Waals surface area (Å²) in [4.78, 5) is 1.41. The molecule has 1 aliphatic heterocycles. The van der Waals surface area contributed by atoms with E-state index in [1.807, 2.05) is 11.8 Å². The van der Waals surface area contributed by atoms with Gasteiger partial charge in [0.2, 0.25) is 0 Å². The van der Waals surface area contributed by atoms with Crippen LogP contribution in [-0.4, -0.2) is 11.9 Å². The van der Waals surface area contributed by atoms with Crippen molar-refractivity contribution in [1.29, 1.82) is 0 Å². The lowest BCUT2D eigenvalue weighted by Crippen LogP contribution is -2.14. The minimum absolute atomic E-state index is 0.189. The van der Waals surface area contributed by atoms with E-state index < -0.39 is 0 Å². The number of hydrogen-bond donors (Lipinski definition) is 1. The highest BCUT2D eigenvalue weighted by molar-refractivity contribution is 8.00. The van der Waals surface area contributed by atoms with Gasteiger partial charge >= 0.3 is 0 Å². The fourth-order valence-corrected chi connectivity index (χ4v) is 4.54. The zero-order chi connectivity index (χ0) is 14.2. The van der Waals surface area contributed by atoms with E-state index in [9.17, 15) is 0 Å². The van der Waals surface area contributed by atoms with Gasteiger partial charge in [-0.1, -0.05) is 30.3 Å². The normalized spacial score (nSPS) is 22.9. The highest BCUT2D eigenvalue weighted by Gasteiger charge is 2.25. The molecule has 4 rings (SSSR count). The van der Waals surface area contributed by atoms with Gasteiger partial charge in [-0.2, -0.15) is 0 Å². The van der Waals surface area contributed by atoms with Crippen molar-refractivity contribution in [2.75, 3.05) is 6.61 Å². The van der Waals surface area contributed by atoms with E-state index in [4.69, 9.17) is 10.5 Å². The van der Waals surface area contributed by atoms with Crippen molar-refractivity contribution in [3.05, 3.63) is 59.2 Å². The number of ether oxygens (including phenoxy) is 1. The lowest BCUT2D eigenvalue weighted by atomic mass is 10.1. The molecule has 2 unspecified atom stereocenters. The number of nitrogens with two attached hydrogens (primary N) is 1. The van der Waals surface area contributed by atoms with Crippen LogP contribution in [-0.2, 0) is 12.8 Å². The first-order valence-corrected chi connectivity index (χ1v) is 8.44. The summed E-state index contributed by atoms with van der Waals surface area (Å²) in [6, 6.07) is 15.1. The van der Waals surface area contributed by atoms with Crippen LogP contribution in [0.1, 0.15) is 29.2 Å². The van der Waals surface area contributed by atoms with Gasteiger partial charge < -0.3 is 10.5 Å². The highest BCUT2D eigenvalue weighted by Crippen LogP contribution is 2.39. The lowest BCUT2D eigenvalue weighted by molar-refractivity contribution is 0.314. The molecule has 2 aromatic rings. The molecule has 0 amide bonds. The molecule has 108 valence electrons. The topological polar surface area (TPSA) is 35.2 Å². The number of thioether (sulfide) groups is 1. The predicted octanol–water partition coefficient (Wildman–Crippen LogP) is 3.73. The summed E-state index contributed by atoms with van der Waals surface area (Å²) in [5.74, 6) is 1.04. The van der Waals surface area contributed by atoms with Crippen LogP contribution < -0.4 is 10.5 Å². The largest absolute Gasteiger partial charge is 0.492 e. The molecule has 0 saturated heterocycles. The molecule has 2 aliphatic rings. The molecule has 0 fully saturated rings. The molecule has 2 atom stereocenters. The van der Waals surface area contributed by atoms with Crippen LogP contribution in [0, 0.1) is 0 Å². The third kappa shape index (κ3) is 2.45. The van der Waals surface area contributed by atoms with Crippen LogP contribution >= 0.6 is 11.8 Å². The van der Waals surface area contributed by atoms with Gasteiger partial charge in [-0.15, -0.1) is 11.8 Å². The Morgan fingerprint density at radius 2 is 2.05 bits per heavy atom. The van der Waals surface area contributed by atoms with Gasteiger partial charge in [-0.25, -0.2) is 0 Å². The highest BCUT2D eigenvalue weighted by atomic mass is 32.2. The first-order valence-electron chi connectivity index (χ1n) is 7.56. The Bertz CT molecular complexity index is 645. The van der Waals surface area contributed by atoms with Crippen molar-refractivity contribution in [3.63, 3.8) is 0 Å². The Kier molecular flexibility index (Phi) is 3.40. The minimum atomic E-state index is 0.189. The molecule has 2 aromatic carbocycles. The van der Waals surface area contributed by atoms with Gasteiger partial charge in [0.05, 0.1) is 0 Å². The van der Waals surface area contributed by atoms with Crippen molar-refractivity contribution in [2.45, 2.75) is 35.4 Å². The fraction of sp³-hybridized carbons (Fsp3) is 0.333. The number of fused-ring (bicyclic) bond motifs is 2. The Morgan fingerprint density at radius 3 is 2.95 bits per heavy atom. The zero-order valence-corrected chi connectivity index (χ0v) is 12.7. The van der Waals surface area contributed by atoms with Gasteiger partial charge in [0.15, 0.2) is 0 Å². The molecule has 3 heteroatoms. The van der Waals surface area contributed by atoms with E-state index in [0.717, 1.165) is 31.6 Å². The summed E-state index contributed by atoms with van der Waals surface area (Å²) in [5, 5.41) is 0.522. The summed E-state index contributed by atoms with van der Waals surface area (Å²) in [5.41, 5.74) is 10.2. The standard InChI is InChI=1S/C18H19NOS/c19-16-9-8-15-14(16)5-3-6-17(15)20-11-13-10-12-4-1-2-7-18(12)21-13/h1-7,13,16H,8-11,19H2. The second-order valence-electron chi connectivity index (χ2n) is 5.83. The Hall–Kier alpha value is -1.45. The van der Waals surface area contributed by atoms with Crippen molar-refractivity contribution >= 4 is 11.8 Å². The van der Waals surface area contributed by atoms with E-state index in [1.165, 1.54) is 21.6 Å². The third-order valence-electron chi connectivity index (χ3n) is 4.41. The van der Waals surface area contributed by atoms with Crippen LogP contribution in [0.3, 0.4) is 0 Å². The van der Waals surface area contributed by atoms with Crippen molar-refractivity contribution in [2.24, 2.45) is 5.73 Å². The second kappa shape index (κ2) is 5.39. The maximum Gasteiger partial charge on any atom is 0.122 e. The average molecular weight is 297 g/mol. The molecular weight excluding hydrogens is 278 g/mol. The first kappa shape index (κ1) is 13.2. The SMILES string of the molecule is NC1CCc2c(OCC3Cc4ccccc4S3)cccc21. The van der Waals surface area contributed by atoms with Crippen LogP contribution in [0.25, 0.3) is 0 Å². The maximum absolute atomic E-state index is 6.14. The summed E-state index contributed by atoms with van der Waals surface area (Å²) in [6.45, 7) is 0.769. The molecule has 0 bridgehead atoms. The van der Waals surface area contributed by atoms with E-state index >= 15 is 0 Å². The molecular formula is C18H19NOS. The average Bonchev–Trinajstić information content (AvgIpc) is 3.09. The molecule has 0 aromatic heterocycles. The van der Waals surface area contributed by atoms with Gasteiger partial charge in [0.25, 0.3) is 0 Å². The summed E-state index contributed by atoms with van der Waals surface area (Å²) >= 11 is 1.94.